The minimum atomic E-state index is 0.178. The number of thiol groups is 1. The molecule has 0 aromatic heterocycles. The molecule has 42 heavy (non-hydrogen) atoms. The lowest BCUT2D eigenvalue weighted by atomic mass is 9.93. The Kier molecular flexibility index (Phi) is 11.8. The standard InChI is InChI=1S/C27H39N3OS.C9H11N/c1-5-6-12-30(26-9-7-8-23(15-26)19-32)27(31)18-29-17-20(2)13-25(29)11-10-24-14-21(3)22(4)16-28-24;1-7-2-3-9-8(6-7)4-5-10-9/h7-9,11,15-16,20-21,32H,5-6,10,12-14,17-19H2,1-4H3;3,6,10H,1-2,4-5H2/b25-11+;. The summed E-state index contributed by atoms with van der Waals surface area (Å²) >= 11 is 4.41. The topological polar surface area (TPSA) is 47.9 Å². The number of amides is 1. The Bertz CT molecular complexity index is 1290. The highest BCUT2D eigenvalue weighted by atomic mass is 32.1. The molecule has 2 unspecified atom stereocenters. The Balaban J connectivity index is 0.000000337. The zero-order chi connectivity index (χ0) is 30.1. The van der Waals surface area contributed by atoms with E-state index < -0.39 is 0 Å². The summed E-state index contributed by atoms with van der Waals surface area (Å²) in [5, 5.41) is 3.33. The first-order valence-corrected chi connectivity index (χ1v) is 16.4. The van der Waals surface area contributed by atoms with Crippen molar-refractivity contribution in [2.45, 2.75) is 78.4 Å². The van der Waals surface area contributed by atoms with Gasteiger partial charge in [-0.1, -0.05) is 75.3 Å². The predicted molar refractivity (Wildman–Crippen MR) is 182 cm³/mol. The van der Waals surface area contributed by atoms with Gasteiger partial charge in [-0.05, 0) is 74.1 Å². The fraction of sp³-hybridized carbons (Fsp3) is 0.500. The molecule has 4 aliphatic rings. The number of rotatable bonds is 9. The van der Waals surface area contributed by atoms with Gasteiger partial charge in [0.1, 0.15) is 0 Å². The minimum absolute atomic E-state index is 0.178. The number of carbonyl (C=O) groups excluding carboxylic acids is 1. The number of hydrogen-bond acceptors (Lipinski definition) is 5. The van der Waals surface area contributed by atoms with E-state index in [2.05, 4.69) is 92.5 Å². The number of fused-ring (bicyclic) bond motifs is 1. The highest BCUT2D eigenvalue weighted by Crippen LogP contribution is 2.29. The molecule has 0 spiro atoms. The highest BCUT2D eigenvalue weighted by molar-refractivity contribution is 7.79. The lowest BCUT2D eigenvalue weighted by molar-refractivity contribution is -0.119. The van der Waals surface area contributed by atoms with E-state index in [-0.39, 0.29) is 5.91 Å². The van der Waals surface area contributed by atoms with Gasteiger partial charge in [0.2, 0.25) is 5.91 Å². The fourth-order valence-corrected chi connectivity index (χ4v) is 6.14. The molecule has 1 amide bonds. The number of allylic oxidation sites excluding steroid dienone is 7. The van der Waals surface area contributed by atoms with Gasteiger partial charge in [-0.2, -0.15) is 12.6 Å². The molecule has 2 atom stereocenters. The van der Waals surface area contributed by atoms with Crippen molar-refractivity contribution in [3.63, 3.8) is 0 Å². The Morgan fingerprint density at radius 2 is 2.12 bits per heavy atom. The number of hydrogen-bond donors (Lipinski definition) is 2. The van der Waals surface area contributed by atoms with Gasteiger partial charge < -0.3 is 15.1 Å². The third-order valence-corrected chi connectivity index (χ3v) is 8.97. The molecule has 0 radical (unpaired) electrons. The lowest BCUT2D eigenvalue weighted by Gasteiger charge is -2.27. The maximum absolute atomic E-state index is 13.4. The van der Waals surface area contributed by atoms with Crippen LogP contribution in [0.1, 0.15) is 78.2 Å². The predicted octanol–water partition coefficient (Wildman–Crippen LogP) is 8.00. The number of likely N-dealkylation sites (tertiary alicyclic amines) is 1. The highest BCUT2D eigenvalue weighted by Gasteiger charge is 2.27. The van der Waals surface area contributed by atoms with Gasteiger partial charge in [-0.3, -0.25) is 9.79 Å². The quantitative estimate of drug-likeness (QED) is 0.288. The Labute approximate surface area is 259 Å². The normalized spacial score (nSPS) is 22.4. The molecule has 6 heteroatoms. The van der Waals surface area contributed by atoms with E-state index in [1.165, 1.54) is 40.2 Å². The molecule has 3 heterocycles. The molecule has 0 bridgehead atoms. The van der Waals surface area contributed by atoms with Crippen LogP contribution in [0.3, 0.4) is 0 Å². The monoisotopic (exact) mass is 586 g/mol. The van der Waals surface area contributed by atoms with Gasteiger partial charge in [0.05, 0.1) is 6.54 Å². The molecule has 226 valence electrons. The van der Waals surface area contributed by atoms with Gasteiger partial charge in [-0.25, -0.2) is 0 Å². The number of nitrogens with zero attached hydrogens (tertiary/aromatic N) is 3. The first-order valence-electron chi connectivity index (χ1n) is 15.8. The van der Waals surface area contributed by atoms with Gasteiger partial charge in [0, 0.05) is 60.8 Å². The van der Waals surface area contributed by atoms with Crippen molar-refractivity contribution in [1.82, 2.24) is 10.2 Å². The van der Waals surface area contributed by atoms with Crippen LogP contribution in [0.5, 0.6) is 0 Å². The van der Waals surface area contributed by atoms with Gasteiger partial charge in [0.25, 0.3) is 0 Å². The van der Waals surface area contributed by atoms with E-state index in [1.807, 2.05) is 23.2 Å². The van der Waals surface area contributed by atoms with E-state index >= 15 is 0 Å². The third kappa shape index (κ3) is 8.76. The number of aliphatic imine (C=N–C) groups is 1. The fourth-order valence-electron chi connectivity index (χ4n) is 5.94. The number of unbranched alkanes of at least 4 members (excludes halogenated alkanes) is 1. The summed E-state index contributed by atoms with van der Waals surface area (Å²) < 4.78 is 0. The molecule has 1 aromatic carbocycles. The van der Waals surface area contributed by atoms with Crippen LogP contribution in [-0.4, -0.2) is 42.7 Å². The van der Waals surface area contributed by atoms with Crippen molar-refractivity contribution < 1.29 is 4.79 Å². The maximum atomic E-state index is 13.4. The van der Waals surface area contributed by atoms with Crippen LogP contribution in [0.25, 0.3) is 0 Å². The summed E-state index contributed by atoms with van der Waals surface area (Å²) in [7, 11) is 0. The molecule has 2 saturated heterocycles. The first-order chi connectivity index (χ1) is 20.3. The van der Waals surface area contributed by atoms with Gasteiger partial charge in [0.15, 0.2) is 0 Å². The summed E-state index contributed by atoms with van der Waals surface area (Å²) in [6, 6.07) is 8.23. The molecule has 0 saturated carbocycles. The van der Waals surface area contributed by atoms with E-state index in [9.17, 15) is 4.79 Å². The van der Waals surface area contributed by atoms with Crippen LogP contribution in [-0.2, 0) is 10.5 Å². The SMILES string of the molecule is C=C1C=C2CCNC2=CC1.CCCCN(C(=O)CN1CC(C)C/C1=C\CC1=NC=C(C)C(C)C1)c1cccc(CS)c1. The molecule has 5 nitrogen and oxygen atoms in total. The maximum Gasteiger partial charge on any atom is 0.246 e. The number of carbonyl (C=O) groups is 1. The van der Waals surface area contributed by atoms with Crippen LogP contribution < -0.4 is 10.2 Å². The van der Waals surface area contributed by atoms with Gasteiger partial charge >= 0.3 is 0 Å². The van der Waals surface area contributed by atoms with E-state index in [1.54, 1.807) is 0 Å². The number of anilines is 1. The van der Waals surface area contributed by atoms with Crippen molar-refractivity contribution >= 4 is 29.9 Å². The lowest BCUT2D eigenvalue weighted by Crippen LogP contribution is -2.40. The summed E-state index contributed by atoms with van der Waals surface area (Å²) in [4.78, 5) is 22.4. The second kappa shape index (κ2) is 15.5. The number of nitrogens with one attached hydrogen (secondary N) is 1. The summed E-state index contributed by atoms with van der Waals surface area (Å²) in [6.07, 6.45) is 16.0. The second-order valence-electron chi connectivity index (χ2n) is 12.3. The largest absolute Gasteiger partial charge is 0.385 e. The molecule has 5 rings (SSSR count). The molecule has 1 N–H and O–H groups in total. The van der Waals surface area contributed by atoms with Crippen LogP contribution >= 0.6 is 12.6 Å². The average molecular weight is 587 g/mol. The zero-order valence-corrected chi connectivity index (χ0v) is 27.1. The van der Waals surface area contributed by atoms with Crippen LogP contribution in [0.4, 0.5) is 5.69 Å². The van der Waals surface area contributed by atoms with Crippen LogP contribution in [0.15, 0.2) is 88.4 Å². The van der Waals surface area contributed by atoms with Crippen molar-refractivity contribution in [1.29, 1.82) is 0 Å². The van der Waals surface area contributed by atoms with Crippen LogP contribution in [0.2, 0.25) is 0 Å². The van der Waals surface area contributed by atoms with Crippen molar-refractivity contribution in [3.8, 4) is 0 Å². The average Bonchev–Trinajstić information content (AvgIpc) is 3.59. The van der Waals surface area contributed by atoms with Crippen molar-refractivity contribution in [2.75, 3.05) is 31.1 Å². The molecular weight excluding hydrogens is 536 g/mol. The first kappa shape index (κ1) is 31.9. The molecule has 3 aliphatic heterocycles. The van der Waals surface area contributed by atoms with Crippen molar-refractivity contribution in [2.24, 2.45) is 16.8 Å². The Hall–Kier alpha value is -2.99. The summed E-state index contributed by atoms with van der Waals surface area (Å²) in [5.74, 6) is 2.00. The van der Waals surface area contributed by atoms with E-state index in [0.29, 0.717) is 24.1 Å². The molecular formula is C36H50N4OS. The van der Waals surface area contributed by atoms with Crippen molar-refractivity contribution in [3.05, 3.63) is 88.9 Å². The zero-order valence-electron chi connectivity index (χ0n) is 26.2. The second-order valence-corrected chi connectivity index (χ2v) is 12.6. The minimum Gasteiger partial charge on any atom is -0.385 e. The summed E-state index contributed by atoms with van der Waals surface area (Å²) in [6.45, 7) is 16.0. The number of benzene rings is 1. The smallest absolute Gasteiger partial charge is 0.246 e. The molecule has 1 aromatic rings. The summed E-state index contributed by atoms with van der Waals surface area (Å²) in [5.41, 5.74) is 10.0. The molecule has 1 aliphatic carbocycles. The molecule has 2 fully saturated rings. The Morgan fingerprint density at radius 3 is 2.88 bits per heavy atom. The van der Waals surface area contributed by atoms with E-state index in [4.69, 9.17) is 0 Å². The van der Waals surface area contributed by atoms with Gasteiger partial charge in [-0.15, -0.1) is 0 Å². The van der Waals surface area contributed by atoms with Crippen LogP contribution in [0, 0.1) is 11.8 Å². The third-order valence-electron chi connectivity index (χ3n) is 8.61. The van der Waals surface area contributed by atoms with E-state index in [0.717, 1.165) is 69.4 Å². The Morgan fingerprint density at radius 1 is 1.29 bits per heavy atom.